The molecule has 0 aliphatic rings. The first-order valence-electron chi connectivity index (χ1n) is 20.5. The molecule has 10 aromatic rings. The van der Waals surface area contributed by atoms with Crippen LogP contribution >= 0.6 is 0 Å². The van der Waals surface area contributed by atoms with Crippen LogP contribution in [0.3, 0.4) is 0 Å². The van der Waals surface area contributed by atoms with Crippen molar-refractivity contribution in [3.63, 3.8) is 0 Å². The lowest BCUT2D eigenvalue weighted by Crippen LogP contribution is -2.09. The molecule has 61 heavy (non-hydrogen) atoms. The van der Waals surface area contributed by atoms with Crippen molar-refractivity contribution in [1.82, 2.24) is 9.97 Å². The summed E-state index contributed by atoms with van der Waals surface area (Å²) in [5.41, 5.74) is 15.1. The summed E-state index contributed by atoms with van der Waals surface area (Å²) in [5.74, 6) is 0.646. The molecule has 10 rings (SSSR count). The monoisotopic (exact) mass is 780 g/mol. The number of para-hydroxylation sites is 1. The fourth-order valence-electron chi connectivity index (χ4n) is 7.98. The van der Waals surface area contributed by atoms with E-state index in [0.717, 1.165) is 89.2 Å². The van der Waals surface area contributed by atoms with Crippen LogP contribution in [0, 0.1) is 5.41 Å². The van der Waals surface area contributed by atoms with Gasteiger partial charge in [0.1, 0.15) is 0 Å². The maximum atomic E-state index is 9.79. The van der Waals surface area contributed by atoms with Crippen molar-refractivity contribution >= 4 is 27.9 Å². The third-order valence-corrected chi connectivity index (χ3v) is 11.1. The fraction of sp³-hybridized carbons (Fsp3) is 0. The normalized spacial score (nSPS) is 11.0. The van der Waals surface area contributed by atoms with E-state index < -0.39 is 0 Å². The number of anilines is 2. The van der Waals surface area contributed by atoms with Crippen molar-refractivity contribution in [3.8, 4) is 67.3 Å². The summed E-state index contributed by atoms with van der Waals surface area (Å²) in [6.45, 7) is 0. The van der Waals surface area contributed by atoms with E-state index in [4.69, 9.17) is 9.97 Å². The van der Waals surface area contributed by atoms with Gasteiger partial charge in [0.2, 0.25) is 0 Å². The summed E-state index contributed by atoms with van der Waals surface area (Å²) in [6, 6.07) is 79.4. The lowest BCUT2D eigenvalue weighted by atomic mass is 9.87. The third-order valence-electron chi connectivity index (χ3n) is 11.1. The van der Waals surface area contributed by atoms with E-state index >= 15 is 0 Å². The summed E-state index contributed by atoms with van der Waals surface area (Å²) in [4.78, 5) is 10.5. The smallest absolute Gasteiger partial charge is 0.160 e. The van der Waals surface area contributed by atoms with Crippen LogP contribution in [0.4, 0.5) is 11.4 Å². The van der Waals surface area contributed by atoms with Crippen molar-refractivity contribution in [2.24, 2.45) is 0 Å². The van der Waals surface area contributed by atoms with Crippen LogP contribution in [0.25, 0.3) is 78.1 Å². The molecule has 4 nitrogen and oxygen atoms in total. The average Bonchev–Trinajstić information content (AvgIpc) is 3.35. The topological polar surface area (TPSA) is 61.7 Å². The van der Waals surface area contributed by atoms with Gasteiger partial charge in [-0.1, -0.05) is 200 Å². The van der Waals surface area contributed by atoms with Gasteiger partial charge in [-0.2, -0.15) is 0 Å². The number of hydrogen-bond donors (Lipinski definition) is 2. The Labute approximate surface area is 356 Å². The first-order valence-corrected chi connectivity index (χ1v) is 20.5. The minimum absolute atomic E-state index is 0.440. The number of rotatable bonds is 10. The van der Waals surface area contributed by atoms with Crippen LogP contribution in [-0.2, 0) is 0 Å². The van der Waals surface area contributed by atoms with Gasteiger partial charge in [-0.25, -0.2) is 9.97 Å². The highest BCUT2D eigenvalue weighted by atomic mass is 14.9. The summed E-state index contributed by atoms with van der Waals surface area (Å²) >= 11 is 0. The van der Waals surface area contributed by atoms with Gasteiger partial charge < -0.3 is 5.32 Å². The van der Waals surface area contributed by atoms with Crippen molar-refractivity contribution in [1.29, 1.82) is 5.41 Å². The number of fused-ring (bicyclic) bond motifs is 1. The lowest BCUT2D eigenvalue weighted by Gasteiger charge is -2.21. The van der Waals surface area contributed by atoms with Crippen LogP contribution in [-0.4, -0.2) is 15.7 Å². The molecular weight excluding hydrogens is 741 g/mol. The number of hydrogen-bond acceptors (Lipinski definition) is 4. The molecule has 0 atom stereocenters. The number of nitrogens with one attached hydrogen (secondary N) is 2. The Morgan fingerprint density at radius 2 is 0.820 bits per heavy atom. The highest BCUT2D eigenvalue weighted by molar-refractivity contribution is 6.22. The fourth-order valence-corrected chi connectivity index (χ4v) is 7.98. The number of aromatic nitrogens is 2. The molecule has 1 heterocycles. The molecule has 0 unspecified atom stereocenters. The zero-order valence-electron chi connectivity index (χ0n) is 33.3. The highest BCUT2D eigenvalue weighted by Crippen LogP contribution is 2.41. The molecule has 1 aromatic heterocycles. The predicted molar refractivity (Wildman–Crippen MR) is 254 cm³/mol. The molecule has 2 N–H and O–H groups in total. The molecule has 0 fully saturated rings. The molecule has 0 bridgehead atoms. The van der Waals surface area contributed by atoms with E-state index in [1.165, 1.54) is 5.56 Å². The van der Waals surface area contributed by atoms with E-state index in [1.807, 2.05) is 66.7 Å². The second-order valence-corrected chi connectivity index (χ2v) is 15.1. The number of nitrogens with zero attached hydrogens (tertiary/aromatic N) is 2. The minimum atomic E-state index is 0.440. The van der Waals surface area contributed by atoms with Gasteiger partial charge in [0.05, 0.1) is 22.8 Å². The summed E-state index contributed by atoms with van der Waals surface area (Å²) in [6.07, 6.45) is 0. The van der Waals surface area contributed by atoms with Gasteiger partial charge in [-0.15, -0.1) is 0 Å². The van der Waals surface area contributed by atoms with Crippen molar-refractivity contribution < 1.29 is 0 Å². The molecular formula is C57H40N4. The highest BCUT2D eigenvalue weighted by Gasteiger charge is 2.21. The molecule has 0 saturated carbocycles. The Balaban J connectivity index is 1.17. The summed E-state index contributed by atoms with van der Waals surface area (Å²) < 4.78 is 0. The Morgan fingerprint density at radius 3 is 1.39 bits per heavy atom. The first kappa shape index (κ1) is 37.1. The van der Waals surface area contributed by atoms with E-state index in [2.05, 4.69) is 169 Å². The quantitative estimate of drug-likeness (QED) is 0.136. The van der Waals surface area contributed by atoms with Gasteiger partial charge in [0.25, 0.3) is 0 Å². The molecule has 0 spiro atoms. The minimum Gasteiger partial charge on any atom is -0.354 e. The number of benzene rings is 9. The Morgan fingerprint density at radius 1 is 0.377 bits per heavy atom. The van der Waals surface area contributed by atoms with E-state index in [1.54, 1.807) is 0 Å². The second kappa shape index (κ2) is 16.6. The maximum Gasteiger partial charge on any atom is 0.160 e. The molecule has 0 saturated heterocycles. The van der Waals surface area contributed by atoms with Crippen molar-refractivity contribution in [2.75, 3.05) is 5.32 Å². The molecule has 0 amide bonds. The zero-order chi connectivity index (χ0) is 41.0. The van der Waals surface area contributed by atoms with E-state index in [-0.39, 0.29) is 0 Å². The molecule has 0 aliphatic heterocycles. The average molecular weight is 781 g/mol. The van der Waals surface area contributed by atoms with Crippen LogP contribution in [0.15, 0.2) is 231 Å². The standard InChI is InChI=1S/C57H40N4/c58-55(45-22-12-4-13-23-45)54-50(43-20-10-3-11-21-43)36-47-34-35-48(37-51(47)56(54)59-49-24-14-5-15-25-49)53-38-52(44-30-26-41(27-31-44)39-16-6-1-7-17-39)60-57(61-53)46-32-28-42(29-33-46)40-18-8-2-9-19-40/h1-38,58-59H. The lowest BCUT2D eigenvalue weighted by molar-refractivity contribution is 1.18. The summed E-state index contributed by atoms with van der Waals surface area (Å²) in [5, 5.41) is 15.6. The van der Waals surface area contributed by atoms with Gasteiger partial charge in [0, 0.05) is 38.9 Å². The SMILES string of the molecule is N=C(c1ccccc1)c1c(-c2ccccc2)cc2ccc(-c3cc(-c4ccc(-c5ccccc5)cc4)nc(-c4ccc(-c5ccccc5)cc4)n3)cc2c1Nc1ccccc1. The molecule has 9 aromatic carbocycles. The van der Waals surface area contributed by atoms with Gasteiger partial charge in [-0.05, 0) is 69.1 Å². The predicted octanol–water partition coefficient (Wildman–Crippen LogP) is 14.8. The molecule has 288 valence electrons. The van der Waals surface area contributed by atoms with Gasteiger partial charge in [0.15, 0.2) is 5.82 Å². The first-order chi connectivity index (χ1) is 30.1. The van der Waals surface area contributed by atoms with E-state index in [0.29, 0.717) is 11.5 Å². The van der Waals surface area contributed by atoms with Crippen molar-refractivity contribution in [2.45, 2.75) is 0 Å². The Bertz CT molecular complexity index is 3010. The van der Waals surface area contributed by atoms with Gasteiger partial charge in [-0.3, -0.25) is 5.41 Å². The maximum absolute atomic E-state index is 9.79. The van der Waals surface area contributed by atoms with Gasteiger partial charge >= 0.3 is 0 Å². The van der Waals surface area contributed by atoms with E-state index in [9.17, 15) is 5.41 Å². The molecule has 0 radical (unpaired) electrons. The van der Waals surface area contributed by atoms with Crippen LogP contribution in [0.1, 0.15) is 11.1 Å². The van der Waals surface area contributed by atoms with Crippen molar-refractivity contribution in [3.05, 3.63) is 242 Å². The zero-order valence-corrected chi connectivity index (χ0v) is 33.3. The Kier molecular flexibility index (Phi) is 10.1. The molecule has 4 heteroatoms. The second-order valence-electron chi connectivity index (χ2n) is 15.1. The summed E-state index contributed by atoms with van der Waals surface area (Å²) in [7, 11) is 0. The Hall–Kier alpha value is -8.21. The molecule has 0 aliphatic carbocycles. The van der Waals surface area contributed by atoms with Crippen LogP contribution in [0.2, 0.25) is 0 Å². The van der Waals surface area contributed by atoms with Crippen LogP contribution < -0.4 is 5.32 Å². The van der Waals surface area contributed by atoms with Crippen LogP contribution in [0.5, 0.6) is 0 Å². The third kappa shape index (κ3) is 7.74. The largest absolute Gasteiger partial charge is 0.354 e.